The fraction of sp³-hybridized carbons (Fsp3) is 0.542. The molecule has 0 unspecified atom stereocenters. The van der Waals surface area contributed by atoms with E-state index in [9.17, 15) is 9.90 Å². The van der Waals surface area contributed by atoms with Crippen LogP contribution in [-0.4, -0.2) is 31.3 Å². The summed E-state index contributed by atoms with van der Waals surface area (Å²) in [6, 6.07) is 6.54. The van der Waals surface area contributed by atoms with Crippen molar-refractivity contribution in [3.8, 4) is 11.1 Å². The van der Waals surface area contributed by atoms with Gasteiger partial charge < -0.3 is 19.5 Å². The van der Waals surface area contributed by atoms with Gasteiger partial charge in [-0.15, -0.1) is 0 Å². The molecule has 1 saturated heterocycles. The minimum atomic E-state index is -0.595. The Bertz CT molecular complexity index is 1110. The normalized spacial score (nSPS) is 26.9. The number of fused-ring (bicyclic) bond motifs is 1. The molecule has 1 saturated carbocycles. The molecule has 2 N–H and O–H groups in total. The van der Waals surface area contributed by atoms with Crippen LogP contribution in [0.15, 0.2) is 22.7 Å². The second-order valence-corrected chi connectivity index (χ2v) is 9.48. The minimum absolute atomic E-state index is 0.0707. The molecule has 2 aromatic heterocycles. The van der Waals surface area contributed by atoms with Gasteiger partial charge >= 0.3 is 0 Å². The highest BCUT2D eigenvalue weighted by molar-refractivity contribution is 5.84. The number of benzene rings is 1. The Morgan fingerprint density at radius 1 is 1.23 bits per heavy atom. The first-order valence-electron chi connectivity index (χ1n) is 11.3. The molecule has 0 radical (unpaired) electrons. The van der Waals surface area contributed by atoms with Gasteiger partial charge in [-0.1, -0.05) is 11.2 Å². The molecule has 1 aliphatic heterocycles. The van der Waals surface area contributed by atoms with Gasteiger partial charge in [0.2, 0.25) is 5.91 Å². The zero-order chi connectivity index (χ0) is 21.8. The average Bonchev–Trinajstić information content (AvgIpc) is 3.27. The fourth-order valence-corrected chi connectivity index (χ4v) is 5.28. The van der Waals surface area contributed by atoms with Crippen LogP contribution in [0.4, 0.5) is 0 Å². The van der Waals surface area contributed by atoms with E-state index >= 15 is 0 Å². The maximum atomic E-state index is 12.1. The molecule has 0 spiro atoms. The second-order valence-electron chi connectivity index (χ2n) is 9.48. The van der Waals surface area contributed by atoms with Crippen LogP contribution < -0.4 is 5.32 Å². The van der Waals surface area contributed by atoms with Gasteiger partial charge in [0.25, 0.3) is 0 Å². The predicted octanol–water partition coefficient (Wildman–Crippen LogP) is 4.52. The quantitative estimate of drug-likeness (QED) is 0.647. The van der Waals surface area contributed by atoms with Gasteiger partial charge in [0.05, 0.1) is 28.4 Å². The lowest BCUT2D eigenvalue weighted by Gasteiger charge is -2.35. The Kier molecular flexibility index (Phi) is 4.88. The van der Waals surface area contributed by atoms with Gasteiger partial charge in [-0.3, -0.25) is 4.79 Å². The van der Waals surface area contributed by atoms with Crippen molar-refractivity contribution in [3.63, 3.8) is 0 Å². The number of carbonyl (C=O) groups excluding carboxylic acids is 1. The third-order valence-corrected chi connectivity index (χ3v) is 6.98. The van der Waals surface area contributed by atoms with Crippen molar-refractivity contribution in [2.45, 2.75) is 83.4 Å². The Morgan fingerprint density at radius 3 is 2.68 bits per heavy atom. The number of piperidine rings is 1. The van der Waals surface area contributed by atoms with E-state index < -0.39 is 5.60 Å². The molecule has 1 aromatic carbocycles. The lowest BCUT2D eigenvalue weighted by Crippen LogP contribution is -2.36. The number of nitrogens with zero attached hydrogens (tertiary/aromatic N) is 3. The Balaban J connectivity index is 1.61. The molecule has 5 rings (SSSR count). The molecular formula is C24H30N4O3. The van der Waals surface area contributed by atoms with E-state index in [0.717, 1.165) is 78.0 Å². The van der Waals surface area contributed by atoms with Crippen LogP contribution in [0.25, 0.3) is 22.2 Å². The zero-order valence-corrected chi connectivity index (χ0v) is 18.4. The second kappa shape index (κ2) is 7.48. The SMILES string of the molecule is Cc1noc(C)c1-c1ccc2c(c1)nc([C@@H]1CCCC(=O)N1)n2C1CCC(C)(O)CC1. The topological polar surface area (TPSA) is 93.2 Å². The number of hydrogen-bond acceptors (Lipinski definition) is 5. The summed E-state index contributed by atoms with van der Waals surface area (Å²) in [6.07, 6.45) is 5.70. The summed E-state index contributed by atoms with van der Waals surface area (Å²) in [4.78, 5) is 17.2. The number of amides is 1. The number of nitrogens with one attached hydrogen (secondary N) is 1. The first-order chi connectivity index (χ1) is 14.8. The molecule has 7 heteroatoms. The molecule has 7 nitrogen and oxygen atoms in total. The Labute approximate surface area is 181 Å². The van der Waals surface area contributed by atoms with Crippen LogP contribution in [-0.2, 0) is 4.79 Å². The van der Waals surface area contributed by atoms with Crippen molar-refractivity contribution in [1.82, 2.24) is 20.0 Å². The van der Waals surface area contributed by atoms with Crippen LogP contribution in [0.3, 0.4) is 0 Å². The summed E-state index contributed by atoms with van der Waals surface area (Å²) in [5, 5.41) is 17.7. The lowest BCUT2D eigenvalue weighted by molar-refractivity contribution is -0.123. The average molecular weight is 423 g/mol. The Hall–Kier alpha value is -2.67. The molecule has 2 fully saturated rings. The van der Waals surface area contributed by atoms with Crippen LogP contribution >= 0.6 is 0 Å². The highest BCUT2D eigenvalue weighted by Crippen LogP contribution is 2.40. The van der Waals surface area contributed by atoms with Gasteiger partial charge in [-0.25, -0.2) is 4.98 Å². The van der Waals surface area contributed by atoms with Gasteiger partial charge in [-0.05, 0) is 77.0 Å². The van der Waals surface area contributed by atoms with Crippen LogP contribution in [0.2, 0.25) is 0 Å². The van der Waals surface area contributed by atoms with Crippen LogP contribution in [0.1, 0.15) is 81.2 Å². The van der Waals surface area contributed by atoms with E-state index in [2.05, 4.69) is 33.2 Å². The summed E-state index contributed by atoms with van der Waals surface area (Å²) in [6.45, 7) is 5.80. The van der Waals surface area contributed by atoms with Crippen molar-refractivity contribution in [2.75, 3.05) is 0 Å². The molecule has 1 atom stereocenters. The largest absolute Gasteiger partial charge is 0.390 e. The van der Waals surface area contributed by atoms with Gasteiger partial charge in [-0.2, -0.15) is 0 Å². The van der Waals surface area contributed by atoms with E-state index in [-0.39, 0.29) is 18.0 Å². The number of imidazole rings is 1. The smallest absolute Gasteiger partial charge is 0.220 e. The van der Waals surface area contributed by atoms with Crippen molar-refractivity contribution >= 4 is 16.9 Å². The van der Waals surface area contributed by atoms with E-state index in [4.69, 9.17) is 9.51 Å². The number of carbonyl (C=O) groups is 1. The molecule has 164 valence electrons. The lowest BCUT2D eigenvalue weighted by atomic mass is 9.83. The number of aryl methyl sites for hydroxylation is 2. The predicted molar refractivity (Wildman–Crippen MR) is 118 cm³/mol. The van der Waals surface area contributed by atoms with Gasteiger partial charge in [0.15, 0.2) is 0 Å². The van der Waals surface area contributed by atoms with E-state index in [1.165, 1.54) is 0 Å². The van der Waals surface area contributed by atoms with Gasteiger partial charge in [0, 0.05) is 18.0 Å². The third kappa shape index (κ3) is 3.65. The molecule has 1 amide bonds. The third-order valence-electron chi connectivity index (χ3n) is 6.98. The molecule has 31 heavy (non-hydrogen) atoms. The number of aliphatic hydroxyl groups is 1. The molecule has 3 heterocycles. The van der Waals surface area contributed by atoms with E-state index in [1.54, 1.807) is 0 Å². The molecular weight excluding hydrogens is 392 g/mol. The minimum Gasteiger partial charge on any atom is -0.390 e. The van der Waals surface area contributed by atoms with Crippen molar-refractivity contribution < 1.29 is 14.4 Å². The number of rotatable bonds is 3. The number of aromatic nitrogens is 3. The summed E-state index contributed by atoms with van der Waals surface area (Å²) in [5.41, 5.74) is 4.33. The summed E-state index contributed by atoms with van der Waals surface area (Å²) >= 11 is 0. The standard InChI is InChI=1S/C24H30N4O3/c1-14-22(15(2)31-27-14)16-7-8-20-19(13-16)26-23(18-5-4-6-21(29)25-18)28(20)17-9-11-24(3,30)12-10-17/h7-8,13,17-18,30H,4-6,9-12H2,1-3H3,(H,25,29)/t17?,18-,24?/m0/s1. The van der Waals surface area contributed by atoms with Crippen molar-refractivity contribution in [1.29, 1.82) is 0 Å². The van der Waals surface area contributed by atoms with Crippen molar-refractivity contribution in [3.05, 3.63) is 35.5 Å². The maximum Gasteiger partial charge on any atom is 0.220 e. The Morgan fingerprint density at radius 2 is 2.00 bits per heavy atom. The fourth-order valence-electron chi connectivity index (χ4n) is 5.28. The zero-order valence-electron chi connectivity index (χ0n) is 18.4. The molecule has 3 aromatic rings. The number of hydrogen-bond donors (Lipinski definition) is 2. The summed E-state index contributed by atoms with van der Waals surface area (Å²) in [7, 11) is 0. The van der Waals surface area contributed by atoms with Crippen molar-refractivity contribution in [2.24, 2.45) is 0 Å². The monoisotopic (exact) mass is 422 g/mol. The summed E-state index contributed by atoms with van der Waals surface area (Å²) < 4.78 is 7.70. The van der Waals surface area contributed by atoms with E-state index in [0.29, 0.717) is 6.42 Å². The maximum absolute atomic E-state index is 12.1. The molecule has 0 bridgehead atoms. The molecule has 2 aliphatic rings. The van der Waals surface area contributed by atoms with Gasteiger partial charge in [0.1, 0.15) is 11.6 Å². The first-order valence-corrected chi connectivity index (χ1v) is 11.3. The molecule has 1 aliphatic carbocycles. The van der Waals surface area contributed by atoms with E-state index in [1.807, 2.05) is 20.8 Å². The van der Waals surface area contributed by atoms with Crippen LogP contribution in [0.5, 0.6) is 0 Å². The first kappa shape index (κ1) is 20.2. The summed E-state index contributed by atoms with van der Waals surface area (Å²) in [5.74, 6) is 1.83. The highest BCUT2D eigenvalue weighted by Gasteiger charge is 2.33. The van der Waals surface area contributed by atoms with Crippen LogP contribution in [0, 0.1) is 13.8 Å². The highest BCUT2D eigenvalue weighted by atomic mass is 16.5.